The summed E-state index contributed by atoms with van der Waals surface area (Å²) < 4.78 is 0. The lowest BCUT2D eigenvalue weighted by molar-refractivity contribution is 0.346. The minimum Gasteiger partial charge on any atom is -0.317 e. The molecule has 3 aliphatic rings. The van der Waals surface area contributed by atoms with Crippen LogP contribution in [-0.2, 0) is 16.2 Å². The van der Waals surface area contributed by atoms with Crippen molar-refractivity contribution < 1.29 is 0 Å². The molecule has 0 atom stereocenters. The first-order valence-corrected chi connectivity index (χ1v) is 28.1. The van der Waals surface area contributed by atoms with E-state index >= 15 is 0 Å². The molecule has 1 saturated carbocycles. The Hall–Kier alpha value is -8.72. The molecule has 380 valence electrons. The first-order valence-electron chi connectivity index (χ1n) is 28.1. The van der Waals surface area contributed by atoms with Gasteiger partial charge in [0.1, 0.15) is 0 Å². The average Bonchev–Trinajstić information content (AvgIpc) is 4.08. The Morgan fingerprint density at radius 1 is 0.308 bits per heavy atom. The molecule has 0 amide bonds. The maximum absolute atomic E-state index is 2.45. The van der Waals surface area contributed by atoms with Crippen LogP contribution in [0.2, 0.25) is 0 Å². The molecule has 10 aromatic rings. The van der Waals surface area contributed by atoms with Crippen molar-refractivity contribution in [3.05, 3.63) is 323 Å². The van der Waals surface area contributed by atoms with Crippen LogP contribution in [0, 0.1) is 0 Å². The topological polar surface area (TPSA) is 6.48 Å². The summed E-state index contributed by atoms with van der Waals surface area (Å²) in [5.74, 6) is 0. The molecule has 0 radical (unpaired) electrons. The fourth-order valence-corrected chi connectivity index (χ4v) is 13.4. The van der Waals surface area contributed by atoms with Gasteiger partial charge in [0.25, 0.3) is 0 Å². The molecule has 0 saturated heterocycles. The molecule has 0 heterocycles. The second kappa shape index (κ2) is 20.0. The lowest BCUT2D eigenvalue weighted by Gasteiger charge is -2.39. The van der Waals surface area contributed by atoms with Gasteiger partial charge in [-0.2, -0.15) is 0 Å². The van der Waals surface area contributed by atoms with Crippen molar-refractivity contribution in [3.8, 4) is 22.3 Å². The minimum atomic E-state index is -0.129. The Kier molecular flexibility index (Phi) is 12.5. The largest absolute Gasteiger partial charge is 0.317 e. The number of nitrogens with zero attached hydrogens (tertiary/aromatic N) is 2. The lowest BCUT2D eigenvalue weighted by Crippen LogP contribution is -2.30. The standard InChI is InChI=1S/C76H66N2/c1-74(2)70-34-20-18-32-64(70)66-46-44-62(50-72(66)74)77(52-68(54-24-10-5-11-25-54)55-26-12-6-13-27-55)60-40-36-58(37-41-60)76(48-22-9-23-49-76)59-38-42-61(43-39-59)78(53-69(56-28-14-7-15-29-56)57-30-16-8-17-31-57)63-45-47-67-65-33-19-21-35-71(65)75(3,4)73(67)51-63/h5-8,10-21,24-47,50-53H,9,22-23,48-49H2,1-4H3. The van der Waals surface area contributed by atoms with E-state index in [-0.39, 0.29) is 16.2 Å². The molecule has 13 rings (SSSR count). The molecule has 2 nitrogen and oxygen atoms in total. The fourth-order valence-electron chi connectivity index (χ4n) is 13.4. The van der Waals surface area contributed by atoms with Gasteiger partial charge in [0, 0.05) is 62.5 Å². The van der Waals surface area contributed by atoms with Crippen molar-refractivity contribution in [3.63, 3.8) is 0 Å². The van der Waals surface area contributed by atoms with E-state index in [1.165, 1.54) is 108 Å². The Morgan fingerprint density at radius 3 is 0.974 bits per heavy atom. The quantitative estimate of drug-likeness (QED) is 0.120. The fraction of sp³-hybridized carbons (Fsp3) is 0.158. The van der Waals surface area contributed by atoms with E-state index in [2.05, 4.69) is 305 Å². The van der Waals surface area contributed by atoms with Crippen molar-refractivity contribution in [2.24, 2.45) is 0 Å². The van der Waals surface area contributed by atoms with Crippen molar-refractivity contribution in [1.29, 1.82) is 0 Å². The summed E-state index contributed by atoms with van der Waals surface area (Å²) in [5, 5.41) is 0. The maximum atomic E-state index is 2.45. The van der Waals surface area contributed by atoms with Crippen LogP contribution in [-0.4, -0.2) is 0 Å². The normalized spacial score (nSPS) is 15.0. The van der Waals surface area contributed by atoms with Crippen LogP contribution >= 0.6 is 0 Å². The molecule has 0 N–H and O–H groups in total. The van der Waals surface area contributed by atoms with Crippen LogP contribution in [0.25, 0.3) is 33.4 Å². The van der Waals surface area contributed by atoms with Crippen LogP contribution in [0.3, 0.4) is 0 Å². The van der Waals surface area contributed by atoms with Crippen LogP contribution in [0.5, 0.6) is 0 Å². The summed E-state index contributed by atoms with van der Waals surface area (Å²) in [4.78, 5) is 4.86. The molecule has 0 bridgehead atoms. The Balaban J connectivity index is 0.914. The van der Waals surface area contributed by atoms with Gasteiger partial charge >= 0.3 is 0 Å². The Bertz CT molecular complexity index is 3510. The predicted molar refractivity (Wildman–Crippen MR) is 329 cm³/mol. The first-order chi connectivity index (χ1) is 38.2. The highest BCUT2D eigenvalue weighted by Gasteiger charge is 2.39. The minimum absolute atomic E-state index is 0.123. The van der Waals surface area contributed by atoms with Crippen molar-refractivity contribution in [2.75, 3.05) is 9.80 Å². The number of rotatable bonds is 12. The SMILES string of the molecule is CC1(C)c2ccccc2-c2ccc(N(C=C(c3ccccc3)c3ccccc3)c3ccc(C4(c5ccc(N(C=C(c6ccccc6)c6ccccc6)c6ccc7c(c6)C(C)(C)c6ccccc6-7)cc5)CCCCC4)cc3)cc21. The monoisotopic (exact) mass is 1010 g/mol. The van der Waals surface area contributed by atoms with Gasteiger partial charge in [-0.15, -0.1) is 0 Å². The summed E-state index contributed by atoms with van der Waals surface area (Å²) in [5.41, 5.74) is 24.8. The smallest absolute Gasteiger partial charge is 0.0459 e. The van der Waals surface area contributed by atoms with Crippen molar-refractivity contribution >= 4 is 33.9 Å². The number of fused-ring (bicyclic) bond motifs is 6. The van der Waals surface area contributed by atoms with E-state index in [1.807, 2.05) is 0 Å². The van der Waals surface area contributed by atoms with Gasteiger partial charge in [0.2, 0.25) is 0 Å². The van der Waals surface area contributed by atoms with E-state index in [9.17, 15) is 0 Å². The molecule has 3 aliphatic carbocycles. The van der Waals surface area contributed by atoms with Crippen molar-refractivity contribution in [1.82, 2.24) is 0 Å². The van der Waals surface area contributed by atoms with Gasteiger partial charge in [0.05, 0.1) is 0 Å². The number of hydrogen-bond donors (Lipinski definition) is 0. The highest BCUT2D eigenvalue weighted by Crippen LogP contribution is 2.53. The van der Waals surface area contributed by atoms with Crippen molar-refractivity contribution in [2.45, 2.75) is 76.0 Å². The van der Waals surface area contributed by atoms with Crippen LogP contribution in [0.15, 0.2) is 267 Å². The van der Waals surface area contributed by atoms with E-state index in [0.717, 1.165) is 35.6 Å². The summed E-state index contributed by atoms with van der Waals surface area (Å²) in [6.45, 7) is 9.50. The van der Waals surface area contributed by atoms with E-state index < -0.39 is 0 Å². The number of benzene rings is 10. The predicted octanol–water partition coefficient (Wildman–Crippen LogP) is 20.0. The zero-order valence-electron chi connectivity index (χ0n) is 45.3. The molecule has 0 aromatic heterocycles. The second-order valence-electron chi connectivity index (χ2n) is 22.8. The molecule has 78 heavy (non-hydrogen) atoms. The first kappa shape index (κ1) is 48.9. The lowest BCUT2D eigenvalue weighted by atomic mass is 9.65. The second-order valence-corrected chi connectivity index (χ2v) is 22.8. The van der Waals surface area contributed by atoms with Gasteiger partial charge in [-0.1, -0.05) is 253 Å². The molecule has 0 spiro atoms. The van der Waals surface area contributed by atoms with E-state index in [1.54, 1.807) is 0 Å². The Labute approximate surface area is 462 Å². The third kappa shape index (κ3) is 8.61. The summed E-state index contributed by atoms with van der Waals surface area (Å²) in [6.07, 6.45) is 10.6. The van der Waals surface area contributed by atoms with E-state index in [4.69, 9.17) is 0 Å². The Morgan fingerprint density at radius 2 is 0.615 bits per heavy atom. The molecular formula is C76H66N2. The van der Waals surface area contributed by atoms with Crippen LogP contribution in [0.1, 0.15) is 115 Å². The van der Waals surface area contributed by atoms with Gasteiger partial charge in [-0.05, 0) is 139 Å². The molecule has 10 aromatic carbocycles. The molecule has 2 heteroatoms. The molecular weight excluding hydrogens is 941 g/mol. The highest BCUT2D eigenvalue weighted by molar-refractivity contribution is 5.89. The third-order valence-corrected chi connectivity index (χ3v) is 17.6. The average molecular weight is 1010 g/mol. The number of anilines is 4. The van der Waals surface area contributed by atoms with Crippen LogP contribution < -0.4 is 9.80 Å². The van der Waals surface area contributed by atoms with Gasteiger partial charge in [-0.3, -0.25) is 0 Å². The van der Waals surface area contributed by atoms with Gasteiger partial charge in [-0.25, -0.2) is 0 Å². The number of hydrogen-bond acceptors (Lipinski definition) is 2. The zero-order chi connectivity index (χ0) is 52.8. The van der Waals surface area contributed by atoms with Gasteiger partial charge < -0.3 is 9.80 Å². The summed E-state index contributed by atoms with van der Waals surface area (Å²) in [7, 11) is 0. The zero-order valence-corrected chi connectivity index (χ0v) is 45.3. The highest BCUT2D eigenvalue weighted by atomic mass is 15.1. The van der Waals surface area contributed by atoms with Gasteiger partial charge in [0.15, 0.2) is 0 Å². The molecule has 0 unspecified atom stereocenters. The summed E-state index contributed by atoms with van der Waals surface area (Å²) in [6, 6.07) is 94.8. The third-order valence-electron chi connectivity index (χ3n) is 17.6. The summed E-state index contributed by atoms with van der Waals surface area (Å²) >= 11 is 0. The molecule has 1 fully saturated rings. The van der Waals surface area contributed by atoms with E-state index in [0.29, 0.717) is 0 Å². The maximum Gasteiger partial charge on any atom is 0.0459 e. The van der Waals surface area contributed by atoms with Crippen LogP contribution in [0.4, 0.5) is 22.7 Å². The molecule has 0 aliphatic heterocycles.